The highest BCUT2D eigenvalue weighted by Crippen LogP contribution is 2.29. The lowest BCUT2D eigenvalue weighted by Gasteiger charge is -2.00. The molecule has 1 aromatic heterocycles. The van der Waals surface area contributed by atoms with Gasteiger partial charge in [0, 0.05) is 11.7 Å². The van der Waals surface area contributed by atoms with Gasteiger partial charge in [0.1, 0.15) is 0 Å². The first kappa shape index (κ1) is 10.5. The third-order valence-corrected chi connectivity index (χ3v) is 3.62. The van der Waals surface area contributed by atoms with Gasteiger partial charge in [-0.05, 0) is 43.1 Å². The monoisotopic (exact) mass is 220 g/mol. The van der Waals surface area contributed by atoms with Gasteiger partial charge in [-0.15, -0.1) is 11.3 Å². The largest absolute Gasteiger partial charge is 0.380 e. The summed E-state index contributed by atoms with van der Waals surface area (Å²) in [7, 11) is 3.95. The van der Waals surface area contributed by atoms with Crippen molar-refractivity contribution >= 4 is 26.4 Å². The second-order valence-electron chi connectivity index (χ2n) is 3.59. The molecular weight excluding hydrogens is 204 g/mol. The second kappa shape index (κ2) is 4.64. The molecule has 1 heterocycles. The van der Waals surface area contributed by atoms with Gasteiger partial charge in [-0.3, -0.25) is 0 Å². The van der Waals surface area contributed by atoms with E-state index < -0.39 is 0 Å². The van der Waals surface area contributed by atoms with Gasteiger partial charge in [-0.1, -0.05) is 12.1 Å². The summed E-state index contributed by atoms with van der Waals surface area (Å²) >= 11 is 1.80. The van der Waals surface area contributed by atoms with Crippen molar-refractivity contribution in [3.63, 3.8) is 0 Å². The van der Waals surface area contributed by atoms with Crippen molar-refractivity contribution < 1.29 is 0 Å². The fourth-order valence-corrected chi connectivity index (χ4v) is 2.54. The zero-order valence-electron chi connectivity index (χ0n) is 9.13. The van der Waals surface area contributed by atoms with Crippen molar-refractivity contribution in [1.29, 1.82) is 0 Å². The number of likely N-dealkylation sites (N-methyl/N-ethyl adjacent to an activating group) is 1. The van der Waals surface area contributed by atoms with Gasteiger partial charge in [0.15, 0.2) is 0 Å². The Bertz CT molecular complexity index is 448. The summed E-state index contributed by atoms with van der Waals surface area (Å²) in [5.41, 5.74) is 1.40. The van der Waals surface area contributed by atoms with E-state index in [0.717, 1.165) is 13.0 Å². The van der Waals surface area contributed by atoms with Gasteiger partial charge in [-0.2, -0.15) is 0 Å². The lowest BCUT2D eigenvalue weighted by molar-refractivity contribution is 0.792. The van der Waals surface area contributed by atoms with Gasteiger partial charge in [0.25, 0.3) is 0 Å². The van der Waals surface area contributed by atoms with E-state index in [-0.39, 0.29) is 0 Å². The topological polar surface area (TPSA) is 24.1 Å². The van der Waals surface area contributed by atoms with Crippen LogP contribution in [0.4, 0.5) is 5.00 Å². The van der Waals surface area contributed by atoms with E-state index in [9.17, 15) is 0 Å². The Kier molecular flexibility index (Phi) is 3.23. The number of nitrogens with one attached hydrogen (secondary N) is 2. The third kappa shape index (κ3) is 2.30. The van der Waals surface area contributed by atoms with Crippen LogP contribution in [0.25, 0.3) is 10.1 Å². The standard InChI is InChI=1S/C12H16N2S/c1-13-6-5-9-3-4-11-10(7-9)8-12(14-2)15-11/h3-4,7-8,13-14H,5-6H2,1-2H3. The molecule has 2 aromatic rings. The second-order valence-corrected chi connectivity index (χ2v) is 4.67. The first-order chi connectivity index (χ1) is 7.33. The summed E-state index contributed by atoms with van der Waals surface area (Å²) in [6, 6.07) is 8.92. The van der Waals surface area contributed by atoms with Crippen molar-refractivity contribution in [1.82, 2.24) is 5.32 Å². The molecule has 0 aliphatic carbocycles. The first-order valence-electron chi connectivity index (χ1n) is 5.18. The third-order valence-electron chi connectivity index (χ3n) is 2.49. The van der Waals surface area contributed by atoms with Crippen molar-refractivity contribution in [2.75, 3.05) is 26.0 Å². The highest BCUT2D eigenvalue weighted by Gasteiger charge is 2.01. The molecule has 0 aliphatic rings. The van der Waals surface area contributed by atoms with E-state index in [0.29, 0.717) is 0 Å². The molecule has 0 amide bonds. The van der Waals surface area contributed by atoms with Crippen molar-refractivity contribution in [3.05, 3.63) is 29.8 Å². The smallest absolute Gasteiger partial charge is 0.0892 e. The van der Waals surface area contributed by atoms with Crippen LogP contribution in [0.1, 0.15) is 5.56 Å². The maximum Gasteiger partial charge on any atom is 0.0892 e. The van der Waals surface area contributed by atoms with E-state index in [1.807, 2.05) is 14.1 Å². The average molecular weight is 220 g/mol. The molecule has 15 heavy (non-hydrogen) atoms. The van der Waals surface area contributed by atoms with E-state index in [4.69, 9.17) is 0 Å². The van der Waals surface area contributed by atoms with Crippen molar-refractivity contribution in [3.8, 4) is 0 Å². The van der Waals surface area contributed by atoms with E-state index in [1.165, 1.54) is 20.7 Å². The minimum atomic E-state index is 1.04. The van der Waals surface area contributed by atoms with Gasteiger partial charge in [0.05, 0.1) is 5.00 Å². The van der Waals surface area contributed by atoms with E-state index in [2.05, 4.69) is 34.9 Å². The van der Waals surface area contributed by atoms with E-state index >= 15 is 0 Å². The predicted octanol–water partition coefficient (Wildman–Crippen LogP) is 2.70. The molecular formula is C12H16N2S. The Balaban J connectivity index is 2.29. The fourth-order valence-electron chi connectivity index (χ4n) is 1.64. The molecule has 80 valence electrons. The Hall–Kier alpha value is -1.06. The minimum absolute atomic E-state index is 1.04. The lowest BCUT2D eigenvalue weighted by Crippen LogP contribution is -2.09. The SMILES string of the molecule is CNCCc1ccc2sc(NC)cc2c1. The van der Waals surface area contributed by atoms with E-state index in [1.54, 1.807) is 11.3 Å². The van der Waals surface area contributed by atoms with Crippen LogP contribution in [-0.2, 0) is 6.42 Å². The van der Waals surface area contributed by atoms with Gasteiger partial charge in [0.2, 0.25) is 0 Å². The summed E-state index contributed by atoms with van der Waals surface area (Å²) in [6.45, 7) is 1.04. The molecule has 0 fully saturated rings. The van der Waals surface area contributed by atoms with Gasteiger partial charge < -0.3 is 10.6 Å². The van der Waals surface area contributed by atoms with Crippen LogP contribution in [0.2, 0.25) is 0 Å². The molecule has 0 radical (unpaired) electrons. The molecule has 3 heteroatoms. The maximum absolute atomic E-state index is 3.19. The zero-order chi connectivity index (χ0) is 10.7. The Morgan fingerprint density at radius 3 is 2.80 bits per heavy atom. The molecule has 0 bridgehead atoms. The van der Waals surface area contributed by atoms with Crippen LogP contribution >= 0.6 is 11.3 Å². The first-order valence-corrected chi connectivity index (χ1v) is 6.00. The fraction of sp³-hybridized carbons (Fsp3) is 0.333. The van der Waals surface area contributed by atoms with Gasteiger partial charge >= 0.3 is 0 Å². The normalized spacial score (nSPS) is 10.8. The predicted molar refractivity (Wildman–Crippen MR) is 69.0 cm³/mol. The van der Waals surface area contributed by atoms with Crippen LogP contribution in [0.3, 0.4) is 0 Å². The Labute approximate surface area is 94.3 Å². The summed E-state index contributed by atoms with van der Waals surface area (Å²) in [5, 5.41) is 8.93. The number of rotatable bonds is 4. The lowest BCUT2D eigenvalue weighted by atomic mass is 10.1. The molecule has 0 aliphatic heterocycles. The maximum atomic E-state index is 3.19. The quantitative estimate of drug-likeness (QED) is 0.828. The van der Waals surface area contributed by atoms with Gasteiger partial charge in [-0.25, -0.2) is 0 Å². The zero-order valence-corrected chi connectivity index (χ0v) is 9.95. The molecule has 0 saturated carbocycles. The van der Waals surface area contributed by atoms with Crippen molar-refractivity contribution in [2.24, 2.45) is 0 Å². The summed E-state index contributed by atoms with van der Waals surface area (Å²) in [5.74, 6) is 0. The number of thiophene rings is 1. The van der Waals surface area contributed by atoms with Crippen LogP contribution in [0, 0.1) is 0 Å². The van der Waals surface area contributed by atoms with Crippen LogP contribution < -0.4 is 10.6 Å². The number of fused-ring (bicyclic) bond motifs is 1. The van der Waals surface area contributed by atoms with Crippen LogP contribution in [0.15, 0.2) is 24.3 Å². The molecule has 0 saturated heterocycles. The summed E-state index contributed by atoms with van der Waals surface area (Å²) in [4.78, 5) is 0. The molecule has 0 atom stereocenters. The van der Waals surface area contributed by atoms with Crippen LogP contribution in [0.5, 0.6) is 0 Å². The number of hydrogen-bond acceptors (Lipinski definition) is 3. The summed E-state index contributed by atoms with van der Waals surface area (Å²) < 4.78 is 1.35. The molecule has 0 spiro atoms. The Morgan fingerprint density at radius 1 is 1.20 bits per heavy atom. The number of anilines is 1. The molecule has 2 rings (SSSR count). The highest BCUT2D eigenvalue weighted by atomic mass is 32.1. The molecule has 1 aromatic carbocycles. The minimum Gasteiger partial charge on any atom is -0.380 e. The Morgan fingerprint density at radius 2 is 2.07 bits per heavy atom. The van der Waals surface area contributed by atoms with Crippen molar-refractivity contribution in [2.45, 2.75) is 6.42 Å². The molecule has 0 unspecified atom stereocenters. The average Bonchev–Trinajstić information content (AvgIpc) is 2.68. The number of hydrogen-bond donors (Lipinski definition) is 2. The number of benzene rings is 1. The molecule has 2 nitrogen and oxygen atoms in total. The summed E-state index contributed by atoms with van der Waals surface area (Å²) in [6.07, 6.45) is 1.09. The molecule has 2 N–H and O–H groups in total. The highest BCUT2D eigenvalue weighted by molar-refractivity contribution is 7.22. The van der Waals surface area contributed by atoms with Crippen LogP contribution in [-0.4, -0.2) is 20.6 Å².